The number of nitrogen functional groups attached to an aromatic ring is 1. The summed E-state index contributed by atoms with van der Waals surface area (Å²) in [5, 5.41) is 0. The van der Waals surface area contributed by atoms with Gasteiger partial charge in [0.25, 0.3) is 0 Å². The van der Waals surface area contributed by atoms with Gasteiger partial charge in [0.05, 0.1) is 0 Å². The Morgan fingerprint density at radius 3 is 2.38 bits per heavy atom. The maximum Gasteiger partial charge on any atom is 0.243 e. The summed E-state index contributed by atoms with van der Waals surface area (Å²) in [6.45, 7) is 6.36. The number of hydrogen-bond donors (Lipinski definition) is 2. The minimum absolute atomic E-state index is 0.423. The first-order chi connectivity index (χ1) is 10.2. The summed E-state index contributed by atoms with van der Waals surface area (Å²) in [5.74, 6) is 7.36. The molecule has 2 rings (SSSR count). The van der Waals surface area contributed by atoms with E-state index in [4.69, 9.17) is 5.84 Å². The third-order valence-electron chi connectivity index (χ3n) is 4.19. The molecule has 3 N–H and O–H groups in total. The van der Waals surface area contributed by atoms with Crippen molar-refractivity contribution in [2.24, 2.45) is 5.84 Å². The molecule has 7 nitrogen and oxygen atoms in total. The highest BCUT2D eigenvalue weighted by Crippen LogP contribution is 2.21. The van der Waals surface area contributed by atoms with Crippen LogP contribution in [-0.2, 0) is 0 Å². The number of hydrogen-bond acceptors (Lipinski definition) is 7. The fourth-order valence-corrected chi connectivity index (χ4v) is 2.81. The summed E-state index contributed by atoms with van der Waals surface area (Å²) in [7, 11) is 2.04. The van der Waals surface area contributed by atoms with Crippen molar-refractivity contribution in [3.63, 3.8) is 0 Å². The molecular weight excluding hydrogens is 266 g/mol. The third-order valence-corrected chi connectivity index (χ3v) is 4.19. The van der Waals surface area contributed by atoms with Crippen molar-refractivity contribution in [3.8, 4) is 0 Å². The highest BCUT2D eigenvalue weighted by atomic mass is 15.4. The van der Waals surface area contributed by atoms with Crippen molar-refractivity contribution in [3.05, 3.63) is 0 Å². The molecule has 0 spiro atoms. The van der Waals surface area contributed by atoms with Gasteiger partial charge in [-0.15, -0.1) is 0 Å². The second kappa shape index (κ2) is 7.40. The largest absolute Gasteiger partial charge is 0.341 e. The maximum absolute atomic E-state index is 5.52. The molecule has 118 valence electrons. The lowest BCUT2D eigenvalue weighted by atomic mass is 10.1. The van der Waals surface area contributed by atoms with Gasteiger partial charge in [-0.3, -0.25) is 5.43 Å². The molecule has 0 unspecified atom stereocenters. The maximum atomic E-state index is 5.52. The molecule has 0 bridgehead atoms. The number of piperidine rings is 1. The first kappa shape index (κ1) is 15.8. The highest BCUT2D eigenvalue weighted by Gasteiger charge is 2.20. The van der Waals surface area contributed by atoms with Gasteiger partial charge in [-0.2, -0.15) is 15.0 Å². The van der Waals surface area contributed by atoms with Crippen LogP contribution in [0.25, 0.3) is 0 Å². The van der Waals surface area contributed by atoms with E-state index in [2.05, 4.69) is 44.0 Å². The second-order valence-corrected chi connectivity index (χ2v) is 5.53. The number of anilines is 3. The Labute approximate surface area is 126 Å². The fourth-order valence-electron chi connectivity index (χ4n) is 2.81. The van der Waals surface area contributed by atoms with Gasteiger partial charge in [0, 0.05) is 26.2 Å². The molecule has 0 radical (unpaired) electrons. The van der Waals surface area contributed by atoms with Crippen LogP contribution in [0, 0.1) is 0 Å². The summed E-state index contributed by atoms with van der Waals surface area (Å²) in [4.78, 5) is 17.8. The molecule has 0 saturated carbocycles. The summed E-state index contributed by atoms with van der Waals surface area (Å²) in [6, 6.07) is 0.423. The van der Waals surface area contributed by atoms with Crippen molar-refractivity contribution >= 4 is 17.8 Å². The van der Waals surface area contributed by atoms with Gasteiger partial charge in [0.15, 0.2) is 0 Å². The van der Waals surface area contributed by atoms with Crippen LogP contribution in [0.4, 0.5) is 17.8 Å². The van der Waals surface area contributed by atoms with Crippen LogP contribution in [0.5, 0.6) is 0 Å². The predicted molar refractivity (Wildman–Crippen MR) is 86.5 cm³/mol. The van der Waals surface area contributed by atoms with Crippen molar-refractivity contribution in [1.29, 1.82) is 0 Å². The highest BCUT2D eigenvalue weighted by molar-refractivity contribution is 5.45. The zero-order valence-corrected chi connectivity index (χ0v) is 13.3. The van der Waals surface area contributed by atoms with Crippen LogP contribution in [-0.4, -0.2) is 41.1 Å². The number of aromatic nitrogens is 3. The summed E-state index contributed by atoms with van der Waals surface area (Å²) in [5.41, 5.74) is 2.56. The lowest BCUT2D eigenvalue weighted by Crippen LogP contribution is -2.35. The van der Waals surface area contributed by atoms with Gasteiger partial charge in [-0.05, 0) is 32.1 Å². The lowest BCUT2D eigenvalue weighted by Gasteiger charge is -2.30. The van der Waals surface area contributed by atoms with Gasteiger partial charge in [-0.1, -0.05) is 13.8 Å². The zero-order chi connectivity index (χ0) is 15.2. The quantitative estimate of drug-likeness (QED) is 0.611. The molecule has 0 atom stereocenters. The molecule has 1 aliphatic heterocycles. The number of nitrogens with zero attached hydrogens (tertiary/aromatic N) is 5. The average Bonchev–Trinajstić information content (AvgIpc) is 2.56. The fraction of sp³-hybridized carbons (Fsp3) is 0.786. The molecule has 1 aromatic heterocycles. The Kier molecular flexibility index (Phi) is 5.55. The normalized spacial score (nSPS) is 15.4. The van der Waals surface area contributed by atoms with Crippen LogP contribution < -0.4 is 21.1 Å². The molecule has 21 heavy (non-hydrogen) atoms. The van der Waals surface area contributed by atoms with Gasteiger partial charge in [0.1, 0.15) is 0 Å². The Morgan fingerprint density at radius 1 is 1.14 bits per heavy atom. The molecule has 0 aromatic carbocycles. The van der Waals surface area contributed by atoms with Crippen LogP contribution in [0.3, 0.4) is 0 Å². The molecule has 1 saturated heterocycles. The smallest absolute Gasteiger partial charge is 0.243 e. The van der Waals surface area contributed by atoms with Gasteiger partial charge < -0.3 is 9.80 Å². The van der Waals surface area contributed by atoms with Crippen LogP contribution in [0.15, 0.2) is 0 Å². The van der Waals surface area contributed by atoms with E-state index in [0.717, 1.165) is 31.9 Å². The minimum Gasteiger partial charge on any atom is -0.341 e. The van der Waals surface area contributed by atoms with Crippen molar-refractivity contribution in [1.82, 2.24) is 15.0 Å². The van der Waals surface area contributed by atoms with Crippen LogP contribution in [0.2, 0.25) is 0 Å². The second-order valence-electron chi connectivity index (χ2n) is 5.53. The standard InChI is InChI=1S/C14H27N7/c1-4-11(5-2)20(3)13-16-12(19-15)17-14(18-13)21-9-7-6-8-10-21/h11H,4-10,15H2,1-3H3,(H,16,17,18,19). The topological polar surface area (TPSA) is 83.2 Å². The molecule has 0 amide bonds. The summed E-state index contributed by atoms with van der Waals surface area (Å²) >= 11 is 0. The van der Waals surface area contributed by atoms with Gasteiger partial charge >= 0.3 is 0 Å². The lowest BCUT2D eigenvalue weighted by molar-refractivity contribution is 0.561. The third kappa shape index (κ3) is 3.72. The van der Waals surface area contributed by atoms with Gasteiger partial charge in [0.2, 0.25) is 17.8 Å². The van der Waals surface area contributed by atoms with Crippen LogP contribution >= 0.6 is 0 Å². The first-order valence-electron chi connectivity index (χ1n) is 7.90. The molecule has 2 heterocycles. The first-order valence-corrected chi connectivity index (χ1v) is 7.90. The zero-order valence-electron chi connectivity index (χ0n) is 13.3. The monoisotopic (exact) mass is 293 g/mol. The molecular formula is C14H27N7. The predicted octanol–water partition coefficient (Wildman–Crippen LogP) is 1.77. The molecule has 7 heteroatoms. The van der Waals surface area contributed by atoms with E-state index in [0.29, 0.717) is 17.9 Å². The van der Waals surface area contributed by atoms with Crippen molar-refractivity contribution in [2.45, 2.75) is 52.0 Å². The number of rotatable bonds is 6. The van der Waals surface area contributed by atoms with E-state index >= 15 is 0 Å². The summed E-state index contributed by atoms with van der Waals surface area (Å²) in [6.07, 6.45) is 5.78. The SMILES string of the molecule is CCC(CC)N(C)c1nc(NN)nc(N2CCCCC2)n1. The Morgan fingerprint density at radius 2 is 1.81 bits per heavy atom. The van der Waals surface area contributed by atoms with E-state index in [1.807, 2.05) is 7.05 Å². The molecule has 1 aliphatic rings. The van der Waals surface area contributed by atoms with E-state index in [9.17, 15) is 0 Å². The Balaban J connectivity index is 2.28. The Bertz CT molecular complexity index is 441. The van der Waals surface area contributed by atoms with E-state index < -0.39 is 0 Å². The molecule has 1 fully saturated rings. The number of hydrazine groups is 1. The Hall–Kier alpha value is -1.63. The van der Waals surface area contributed by atoms with E-state index in [1.165, 1.54) is 19.3 Å². The van der Waals surface area contributed by atoms with Crippen LogP contribution in [0.1, 0.15) is 46.0 Å². The number of nitrogens with one attached hydrogen (secondary N) is 1. The van der Waals surface area contributed by atoms with E-state index in [-0.39, 0.29) is 0 Å². The van der Waals surface area contributed by atoms with Crippen molar-refractivity contribution < 1.29 is 0 Å². The molecule has 1 aromatic rings. The average molecular weight is 293 g/mol. The minimum atomic E-state index is 0.423. The van der Waals surface area contributed by atoms with E-state index in [1.54, 1.807) is 0 Å². The summed E-state index contributed by atoms with van der Waals surface area (Å²) < 4.78 is 0. The molecule has 0 aliphatic carbocycles. The van der Waals surface area contributed by atoms with Gasteiger partial charge in [-0.25, -0.2) is 5.84 Å². The van der Waals surface area contributed by atoms with Crippen molar-refractivity contribution in [2.75, 3.05) is 35.4 Å². The number of nitrogens with two attached hydrogens (primary N) is 1.